The molecule has 1 aromatic heterocycles. The first-order valence-corrected chi connectivity index (χ1v) is 8.59. The Bertz CT molecular complexity index is 958. The van der Waals surface area contributed by atoms with Gasteiger partial charge in [-0.05, 0) is 36.6 Å². The molecular formula is C21H22N2O2. The lowest BCUT2D eigenvalue weighted by Gasteiger charge is -2.31. The summed E-state index contributed by atoms with van der Waals surface area (Å²) in [6.07, 6.45) is 0.632. The van der Waals surface area contributed by atoms with Gasteiger partial charge in [-0.3, -0.25) is 10.1 Å². The molecule has 0 amide bonds. The van der Waals surface area contributed by atoms with Crippen molar-refractivity contribution in [3.8, 4) is 0 Å². The van der Waals surface area contributed by atoms with E-state index in [-0.39, 0.29) is 18.1 Å². The Morgan fingerprint density at radius 3 is 2.76 bits per heavy atom. The van der Waals surface area contributed by atoms with Crippen LogP contribution in [0.1, 0.15) is 34.0 Å². The number of benzene rings is 2. The first kappa shape index (κ1) is 15.9. The molecule has 0 radical (unpaired) electrons. The molecule has 25 heavy (non-hydrogen) atoms. The molecule has 0 fully saturated rings. The zero-order valence-electron chi connectivity index (χ0n) is 14.7. The first-order chi connectivity index (χ1) is 12.1. The quantitative estimate of drug-likeness (QED) is 0.705. The number of methoxy groups -OCH3 is 1. The number of aryl methyl sites for hydroxylation is 2. The Balaban J connectivity index is 1.91. The van der Waals surface area contributed by atoms with Crippen molar-refractivity contribution < 1.29 is 9.53 Å². The topological polar surface area (TPSA) is 54.1 Å². The van der Waals surface area contributed by atoms with Crippen molar-refractivity contribution in [2.45, 2.75) is 32.4 Å². The number of ether oxygens (including phenoxy) is 1. The Labute approximate surface area is 147 Å². The summed E-state index contributed by atoms with van der Waals surface area (Å²) in [5.41, 5.74) is 7.07. The molecule has 2 unspecified atom stereocenters. The number of carbonyl (C=O) groups is 1. The van der Waals surface area contributed by atoms with Crippen LogP contribution < -0.4 is 5.32 Å². The van der Waals surface area contributed by atoms with E-state index in [1.165, 1.54) is 34.7 Å². The van der Waals surface area contributed by atoms with E-state index in [9.17, 15) is 4.79 Å². The number of nitrogens with one attached hydrogen (secondary N) is 2. The van der Waals surface area contributed by atoms with Crippen LogP contribution in [-0.4, -0.2) is 24.1 Å². The number of hydrogen-bond donors (Lipinski definition) is 2. The number of hydrogen-bond acceptors (Lipinski definition) is 3. The van der Waals surface area contributed by atoms with Crippen LogP contribution in [0.4, 0.5) is 0 Å². The number of fused-ring (bicyclic) bond motifs is 3. The zero-order chi connectivity index (χ0) is 17.6. The lowest BCUT2D eigenvalue weighted by molar-refractivity contribution is -0.143. The van der Waals surface area contributed by atoms with E-state index >= 15 is 0 Å². The van der Waals surface area contributed by atoms with Gasteiger partial charge >= 0.3 is 5.97 Å². The number of para-hydroxylation sites is 1. The van der Waals surface area contributed by atoms with E-state index in [4.69, 9.17) is 4.74 Å². The van der Waals surface area contributed by atoms with Gasteiger partial charge in [0.15, 0.2) is 0 Å². The highest BCUT2D eigenvalue weighted by atomic mass is 16.5. The average molecular weight is 334 g/mol. The van der Waals surface area contributed by atoms with Crippen LogP contribution in [0.3, 0.4) is 0 Å². The van der Waals surface area contributed by atoms with Crippen LogP contribution in [0.2, 0.25) is 0 Å². The predicted molar refractivity (Wildman–Crippen MR) is 98.7 cm³/mol. The predicted octanol–water partition coefficient (Wildman–Crippen LogP) is 3.56. The summed E-state index contributed by atoms with van der Waals surface area (Å²) in [7, 11) is 1.45. The maximum Gasteiger partial charge on any atom is 0.323 e. The zero-order valence-corrected chi connectivity index (χ0v) is 14.7. The molecule has 1 aliphatic rings. The van der Waals surface area contributed by atoms with E-state index in [1.807, 2.05) is 12.1 Å². The average Bonchev–Trinajstić information content (AvgIpc) is 3.01. The summed E-state index contributed by atoms with van der Waals surface area (Å²) in [5.74, 6) is -0.216. The highest BCUT2D eigenvalue weighted by molar-refractivity contribution is 5.87. The molecule has 0 aliphatic carbocycles. The molecule has 2 heterocycles. The van der Waals surface area contributed by atoms with Crippen molar-refractivity contribution in [1.82, 2.24) is 10.3 Å². The second-order valence-corrected chi connectivity index (χ2v) is 6.80. The molecule has 128 valence electrons. The van der Waals surface area contributed by atoms with E-state index in [2.05, 4.69) is 54.5 Å². The second kappa shape index (κ2) is 6.05. The molecule has 0 saturated heterocycles. The number of H-pyrrole nitrogens is 1. The van der Waals surface area contributed by atoms with Crippen molar-refractivity contribution in [2.75, 3.05) is 7.11 Å². The Kier molecular flexibility index (Phi) is 3.85. The lowest BCUT2D eigenvalue weighted by Crippen LogP contribution is -2.45. The summed E-state index contributed by atoms with van der Waals surface area (Å²) in [4.78, 5) is 15.8. The first-order valence-electron chi connectivity index (χ1n) is 8.59. The van der Waals surface area contributed by atoms with Gasteiger partial charge in [0.05, 0.1) is 13.2 Å². The molecule has 4 nitrogen and oxygen atoms in total. The highest BCUT2D eigenvalue weighted by Gasteiger charge is 2.34. The van der Waals surface area contributed by atoms with Gasteiger partial charge in [0.1, 0.15) is 6.04 Å². The van der Waals surface area contributed by atoms with Gasteiger partial charge < -0.3 is 9.72 Å². The van der Waals surface area contributed by atoms with Crippen molar-refractivity contribution in [1.29, 1.82) is 0 Å². The maximum atomic E-state index is 12.3. The highest BCUT2D eigenvalue weighted by Crippen LogP contribution is 2.36. The van der Waals surface area contributed by atoms with Gasteiger partial charge in [-0.1, -0.05) is 42.0 Å². The number of carbonyl (C=O) groups excluding carboxylic acids is 1. The molecule has 2 aromatic carbocycles. The minimum atomic E-state index is -0.346. The van der Waals surface area contributed by atoms with Crippen LogP contribution in [-0.2, 0) is 16.0 Å². The Morgan fingerprint density at radius 1 is 1.16 bits per heavy atom. The van der Waals surface area contributed by atoms with Crippen molar-refractivity contribution >= 4 is 16.9 Å². The van der Waals surface area contributed by atoms with Crippen LogP contribution >= 0.6 is 0 Å². The Hall–Kier alpha value is -2.59. The van der Waals surface area contributed by atoms with Crippen LogP contribution in [0.25, 0.3) is 10.9 Å². The minimum absolute atomic E-state index is 0.0554. The van der Waals surface area contributed by atoms with Crippen LogP contribution in [0.5, 0.6) is 0 Å². The van der Waals surface area contributed by atoms with Crippen molar-refractivity contribution in [3.63, 3.8) is 0 Å². The molecule has 4 rings (SSSR count). The normalized spacial score (nSPS) is 19.6. The summed E-state index contributed by atoms with van der Waals surface area (Å²) in [5, 5.41) is 4.68. The van der Waals surface area contributed by atoms with Crippen molar-refractivity contribution in [2.24, 2.45) is 0 Å². The SMILES string of the molecule is COC(=O)C1Cc2c([nH]c3ccccc23)C(c2cc(C)ccc2C)N1. The maximum absolute atomic E-state index is 12.3. The summed E-state index contributed by atoms with van der Waals surface area (Å²) in [6, 6.07) is 14.3. The molecule has 0 bridgehead atoms. The number of rotatable bonds is 2. The third-order valence-corrected chi connectivity index (χ3v) is 5.14. The molecule has 2 N–H and O–H groups in total. The molecule has 1 aliphatic heterocycles. The molecule has 0 spiro atoms. The molecule has 3 aromatic rings. The summed E-state index contributed by atoms with van der Waals surface area (Å²) >= 11 is 0. The van der Waals surface area contributed by atoms with Gasteiger partial charge in [-0.25, -0.2) is 0 Å². The van der Waals surface area contributed by atoms with Gasteiger partial charge in [-0.2, -0.15) is 0 Å². The van der Waals surface area contributed by atoms with Gasteiger partial charge in [0, 0.05) is 23.0 Å². The number of aromatic amines is 1. The molecular weight excluding hydrogens is 312 g/mol. The monoisotopic (exact) mass is 334 g/mol. The third kappa shape index (κ3) is 2.63. The van der Waals surface area contributed by atoms with E-state index in [1.54, 1.807) is 0 Å². The molecule has 4 heteroatoms. The van der Waals surface area contributed by atoms with E-state index in [0.717, 1.165) is 11.2 Å². The molecule has 2 atom stereocenters. The van der Waals surface area contributed by atoms with Gasteiger partial charge in [-0.15, -0.1) is 0 Å². The lowest BCUT2D eigenvalue weighted by atomic mass is 9.88. The Morgan fingerprint density at radius 2 is 1.96 bits per heavy atom. The molecule has 0 saturated carbocycles. The third-order valence-electron chi connectivity index (χ3n) is 5.14. The van der Waals surface area contributed by atoms with Crippen LogP contribution in [0.15, 0.2) is 42.5 Å². The largest absolute Gasteiger partial charge is 0.468 e. The van der Waals surface area contributed by atoms with Gasteiger partial charge in [0.2, 0.25) is 0 Å². The standard InChI is InChI=1S/C21H22N2O2/c1-12-8-9-13(2)15(10-12)19-20-16(11-18(23-19)21(24)25-3)14-6-4-5-7-17(14)22-20/h4-10,18-19,22-23H,11H2,1-3H3. The fourth-order valence-corrected chi connectivity index (χ4v) is 3.84. The fraction of sp³-hybridized carbons (Fsp3) is 0.286. The van der Waals surface area contributed by atoms with Crippen molar-refractivity contribution in [3.05, 3.63) is 70.4 Å². The van der Waals surface area contributed by atoms with E-state index in [0.29, 0.717) is 6.42 Å². The number of aromatic nitrogens is 1. The van der Waals surface area contributed by atoms with Crippen LogP contribution in [0, 0.1) is 13.8 Å². The summed E-state index contributed by atoms with van der Waals surface area (Å²) < 4.78 is 5.02. The summed E-state index contributed by atoms with van der Waals surface area (Å²) in [6.45, 7) is 4.20. The number of esters is 1. The van der Waals surface area contributed by atoms with E-state index < -0.39 is 0 Å². The minimum Gasteiger partial charge on any atom is -0.468 e. The van der Waals surface area contributed by atoms with Gasteiger partial charge in [0.25, 0.3) is 0 Å². The fourth-order valence-electron chi connectivity index (χ4n) is 3.84. The second-order valence-electron chi connectivity index (χ2n) is 6.80. The smallest absolute Gasteiger partial charge is 0.323 e.